The highest BCUT2D eigenvalue weighted by atomic mass is 32.1. The molecule has 3 heterocycles. The van der Waals surface area contributed by atoms with E-state index in [2.05, 4.69) is 26.3 Å². The summed E-state index contributed by atoms with van der Waals surface area (Å²) < 4.78 is 2.07. The minimum Gasteiger partial charge on any atom is -0.328 e. The van der Waals surface area contributed by atoms with E-state index in [1.807, 2.05) is 61.5 Å². The summed E-state index contributed by atoms with van der Waals surface area (Å²) in [7, 11) is 0. The van der Waals surface area contributed by atoms with E-state index < -0.39 is 5.92 Å². The second kappa shape index (κ2) is 10.4. The minimum atomic E-state index is -0.412. The number of nitrogens with zero attached hydrogens (tertiary/aromatic N) is 3. The van der Waals surface area contributed by atoms with Crippen molar-refractivity contribution in [3.8, 4) is 6.07 Å². The molecule has 182 valence electrons. The Hall–Kier alpha value is -3.80. The molecule has 0 saturated heterocycles. The van der Waals surface area contributed by atoms with E-state index in [1.54, 1.807) is 0 Å². The number of benzene rings is 2. The molecule has 0 aliphatic carbocycles. The van der Waals surface area contributed by atoms with E-state index in [1.165, 1.54) is 11.3 Å². The van der Waals surface area contributed by atoms with Gasteiger partial charge in [-0.25, -0.2) is 4.98 Å². The standard InChI is InChI=1S/C28H27N5O2S/c1-18-31-22-9-5-6-10-23(22)33(18)14-13-24(34)21-16-30-17-25-27(21)20(15-29)28(36-25)32-26(35)12-11-19-7-3-2-4-8-19/h2-10,21,30H,11-14,16-17H2,1H3,(H,32,35). The Balaban J connectivity index is 1.31. The van der Waals surface area contributed by atoms with Crippen LogP contribution in [0.1, 0.15) is 46.2 Å². The molecule has 0 fully saturated rings. The predicted octanol–water partition coefficient (Wildman–Crippen LogP) is 4.70. The van der Waals surface area contributed by atoms with Gasteiger partial charge in [0.1, 0.15) is 22.7 Å². The van der Waals surface area contributed by atoms with Gasteiger partial charge in [0.05, 0.1) is 22.5 Å². The van der Waals surface area contributed by atoms with Gasteiger partial charge >= 0.3 is 0 Å². The van der Waals surface area contributed by atoms with Crippen molar-refractivity contribution >= 4 is 39.1 Å². The highest BCUT2D eigenvalue weighted by molar-refractivity contribution is 7.16. The van der Waals surface area contributed by atoms with Crippen LogP contribution in [-0.4, -0.2) is 27.8 Å². The minimum absolute atomic E-state index is 0.0804. The average molecular weight is 498 g/mol. The fourth-order valence-electron chi connectivity index (χ4n) is 4.86. The number of amides is 1. The number of imidazole rings is 1. The van der Waals surface area contributed by atoms with E-state index in [0.29, 0.717) is 49.5 Å². The van der Waals surface area contributed by atoms with Crippen LogP contribution in [0.3, 0.4) is 0 Å². The average Bonchev–Trinajstić information content (AvgIpc) is 3.42. The Labute approximate surface area is 213 Å². The molecule has 7 nitrogen and oxygen atoms in total. The van der Waals surface area contributed by atoms with Gasteiger partial charge in [-0.3, -0.25) is 9.59 Å². The molecule has 36 heavy (non-hydrogen) atoms. The molecule has 1 aliphatic heterocycles. The molecule has 0 saturated carbocycles. The molecule has 2 aromatic heterocycles. The molecule has 4 aromatic rings. The lowest BCUT2D eigenvalue weighted by Crippen LogP contribution is -2.32. The van der Waals surface area contributed by atoms with Gasteiger partial charge in [-0.15, -0.1) is 11.3 Å². The van der Waals surface area contributed by atoms with E-state index in [-0.39, 0.29) is 11.7 Å². The maximum Gasteiger partial charge on any atom is 0.225 e. The Kier molecular flexibility index (Phi) is 6.94. The highest BCUT2D eigenvalue weighted by Crippen LogP contribution is 2.40. The number of para-hydroxylation sites is 2. The summed E-state index contributed by atoms with van der Waals surface area (Å²) in [5.74, 6) is 0.411. The molecule has 0 bridgehead atoms. The van der Waals surface area contributed by atoms with Gasteiger partial charge in [-0.2, -0.15) is 5.26 Å². The SMILES string of the molecule is Cc1nc2ccccc2n1CCC(=O)C1CNCc2sc(NC(=O)CCc3ccccc3)c(C#N)c21. The number of Topliss-reactive ketones (excluding diaryl/α,β-unsaturated/α-hetero) is 1. The molecule has 1 atom stereocenters. The monoisotopic (exact) mass is 497 g/mol. The van der Waals surface area contributed by atoms with Crippen LogP contribution in [-0.2, 0) is 29.1 Å². The van der Waals surface area contributed by atoms with Crippen molar-refractivity contribution in [2.24, 2.45) is 0 Å². The number of thiophene rings is 1. The van der Waals surface area contributed by atoms with Crippen molar-refractivity contribution in [3.05, 3.63) is 82.0 Å². The topological polar surface area (TPSA) is 99.8 Å². The quantitative estimate of drug-likeness (QED) is 0.368. The molecule has 2 N–H and O–H groups in total. The van der Waals surface area contributed by atoms with E-state index in [0.717, 1.165) is 32.9 Å². The largest absolute Gasteiger partial charge is 0.328 e. The Morgan fingerprint density at radius 2 is 1.94 bits per heavy atom. The van der Waals surface area contributed by atoms with Crippen LogP contribution in [0, 0.1) is 18.3 Å². The number of anilines is 1. The molecule has 2 aromatic carbocycles. The first-order valence-corrected chi connectivity index (χ1v) is 12.9. The van der Waals surface area contributed by atoms with Gasteiger partial charge in [0, 0.05) is 37.4 Å². The normalized spacial score (nSPS) is 14.8. The Bertz CT molecular complexity index is 1460. The summed E-state index contributed by atoms with van der Waals surface area (Å²) in [6.07, 6.45) is 1.30. The second-order valence-corrected chi connectivity index (χ2v) is 10.1. The third kappa shape index (κ3) is 4.81. The summed E-state index contributed by atoms with van der Waals surface area (Å²) >= 11 is 1.39. The molecule has 0 spiro atoms. The second-order valence-electron chi connectivity index (χ2n) is 8.99. The number of fused-ring (bicyclic) bond motifs is 2. The van der Waals surface area contributed by atoms with Crippen LogP contribution >= 0.6 is 11.3 Å². The van der Waals surface area contributed by atoms with E-state index in [4.69, 9.17) is 0 Å². The van der Waals surface area contributed by atoms with Crippen LogP contribution in [0.5, 0.6) is 0 Å². The summed E-state index contributed by atoms with van der Waals surface area (Å²) in [4.78, 5) is 31.6. The lowest BCUT2D eigenvalue weighted by atomic mass is 9.88. The summed E-state index contributed by atoms with van der Waals surface area (Å²) in [6, 6.07) is 20.0. The van der Waals surface area contributed by atoms with E-state index >= 15 is 0 Å². The van der Waals surface area contributed by atoms with Gasteiger partial charge < -0.3 is 15.2 Å². The molecule has 5 rings (SSSR count). The fraction of sp³-hybridized carbons (Fsp3) is 0.286. The van der Waals surface area contributed by atoms with E-state index in [9.17, 15) is 14.9 Å². The number of ketones is 1. The number of hydrogen-bond acceptors (Lipinski definition) is 6. The smallest absolute Gasteiger partial charge is 0.225 e. The zero-order valence-corrected chi connectivity index (χ0v) is 20.9. The fourth-order valence-corrected chi connectivity index (χ4v) is 6.06. The number of nitriles is 1. The van der Waals surface area contributed by atoms with Crippen molar-refractivity contribution in [2.75, 3.05) is 11.9 Å². The summed E-state index contributed by atoms with van der Waals surface area (Å²) in [5.41, 5.74) is 4.22. The van der Waals surface area contributed by atoms with Gasteiger partial charge in [0.15, 0.2) is 0 Å². The highest BCUT2D eigenvalue weighted by Gasteiger charge is 2.33. The number of aryl methyl sites for hydroxylation is 3. The van der Waals surface area contributed by atoms with Crippen molar-refractivity contribution in [2.45, 2.75) is 45.2 Å². The Morgan fingerprint density at radius 1 is 1.17 bits per heavy atom. The molecular weight excluding hydrogens is 470 g/mol. The molecule has 1 unspecified atom stereocenters. The molecule has 1 amide bonds. The Morgan fingerprint density at radius 3 is 2.75 bits per heavy atom. The van der Waals surface area contributed by atoms with Gasteiger partial charge in [-0.1, -0.05) is 42.5 Å². The predicted molar refractivity (Wildman–Crippen MR) is 141 cm³/mol. The van der Waals surface area contributed by atoms with Crippen LogP contribution in [0.25, 0.3) is 11.0 Å². The van der Waals surface area contributed by atoms with Crippen molar-refractivity contribution < 1.29 is 9.59 Å². The van der Waals surface area contributed by atoms with Crippen LogP contribution < -0.4 is 10.6 Å². The molecular formula is C28H27N5O2S. The van der Waals surface area contributed by atoms with Gasteiger partial charge in [0.25, 0.3) is 0 Å². The first-order chi connectivity index (χ1) is 17.5. The third-order valence-electron chi connectivity index (χ3n) is 6.67. The maximum atomic E-state index is 13.4. The van der Waals surface area contributed by atoms with Gasteiger partial charge in [-0.05, 0) is 36.6 Å². The number of carbonyl (C=O) groups is 2. The van der Waals surface area contributed by atoms with Crippen molar-refractivity contribution in [3.63, 3.8) is 0 Å². The maximum absolute atomic E-state index is 13.4. The number of carbonyl (C=O) groups excluding carboxylic acids is 2. The number of nitrogens with one attached hydrogen (secondary N) is 2. The van der Waals surface area contributed by atoms with Crippen LogP contribution in [0.15, 0.2) is 54.6 Å². The zero-order chi connectivity index (χ0) is 25.1. The molecule has 8 heteroatoms. The van der Waals surface area contributed by atoms with Crippen molar-refractivity contribution in [1.82, 2.24) is 14.9 Å². The zero-order valence-electron chi connectivity index (χ0n) is 20.1. The summed E-state index contributed by atoms with van der Waals surface area (Å²) in [6.45, 7) is 3.56. The van der Waals surface area contributed by atoms with Crippen LogP contribution in [0.4, 0.5) is 5.00 Å². The van der Waals surface area contributed by atoms with Crippen molar-refractivity contribution in [1.29, 1.82) is 5.26 Å². The first-order valence-electron chi connectivity index (χ1n) is 12.1. The van der Waals surface area contributed by atoms with Crippen LogP contribution in [0.2, 0.25) is 0 Å². The molecule has 1 aliphatic rings. The number of aromatic nitrogens is 2. The first kappa shape index (κ1) is 23.9. The lowest BCUT2D eigenvalue weighted by Gasteiger charge is -2.23. The van der Waals surface area contributed by atoms with Gasteiger partial charge in [0.2, 0.25) is 5.91 Å². The molecule has 0 radical (unpaired) electrons. The lowest BCUT2D eigenvalue weighted by molar-refractivity contribution is -0.120. The number of hydrogen-bond donors (Lipinski definition) is 2. The summed E-state index contributed by atoms with van der Waals surface area (Å²) in [5, 5.41) is 16.8. The number of rotatable bonds is 8. The third-order valence-corrected chi connectivity index (χ3v) is 7.79.